The first-order valence-electron chi connectivity index (χ1n) is 6.73. The zero-order valence-electron chi connectivity index (χ0n) is 11.0. The second-order valence-electron chi connectivity index (χ2n) is 5.66. The number of halogens is 2. The van der Waals surface area contributed by atoms with Crippen LogP contribution in [0.3, 0.4) is 0 Å². The summed E-state index contributed by atoms with van der Waals surface area (Å²) in [5, 5.41) is 3.42. The Morgan fingerprint density at radius 3 is 2.61 bits per heavy atom. The molecule has 3 heteroatoms. The maximum atomic E-state index is 13.7. The number of benzene rings is 1. The minimum absolute atomic E-state index is 0.255. The first-order chi connectivity index (χ1) is 8.58. The van der Waals surface area contributed by atoms with Crippen LogP contribution in [0, 0.1) is 23.5 Å². The van der Waals surface area contributed by atoms with Crippen molar-refractivity contribution in [1.82, 2.24) is 5.32 Å². The molecule has 0 spiro atoms. The van der Waals surface area contributed by atoms with E-state index in [4.69, 9.17) is 0 Å². The minimum atomic E-state index is -0.495. The Labute approximate surface area is 108 Å². The summed E-state index contributed by atoms with van der Waals surface area (Å²) in [4.78, 5) is 0. The molecule has 1 aliphatic carbocycles. The molecular formula is C15H21F2N. The van der Waals surface area contributed by atoms with Gasteiger partial charge in [0.25, 0.3) is 0 Å². The summed E-state index contributed by atoms with van der Waals surface area (Å²) in [5.74, 6) is 0.485. The standard InChI is InChI=1S/C15H21F2N/c1-10(2)8-18-9-11-3-5-13(11)14-6-4-12(16)7-15(14)17/h4,6-7,10-11,13,18H,3,5,8-9H2,1-2H3. The van der Waals surface area contributed by atoms with Crippen molar-refractivity contribution in [2.75, 3.05) is 13.1 Å². The molecule has 1 saturated carbocycles. The van der Waals surface area contributed by atoms with E-state index in [9.17, 15) is 8.78 Å². The van der Waals surface area contributed by atoms with Crippen molar-refractivity contribution in [3.8, 4) is 0 Å². The van der Waals surface area contributed by atoms with E-state index in [2.05, 4.69) is 19.2 Å². The van der Waals surface area contributed by atoms with Gasteiger partial charge in [0.15, 0.2) is 0 Å². The third-order valence-electron chi connectivity index (χ3n) is 3.74. The van der Waals surface area contributed by atoms with Crippen molar-refractivity contribution in [3.05, 3.63) is 35.4 Å². The van der Waals surface area contributed by atoms with Gasteiger partial charge >= 0.3 is 0 Å². The zero-order chi connectivity index (χ0) is 13.1. The van der Waals surface area contributed by atoms with Crippen LogP contribution < -0.4 is 5.32 Å². The van der Waals surface area contributed by atoms with Crippen molar-refractivity contribution >= 4 is 0 Å². The molecule has 0 saturated heterocycles. The zero-order valence-corrected chi connectivity index (χ0v) is 11.0. The highest BCUT2D eigenvalue weighted by molar-refractivity contribution is 5.25. The van der Waals surface area contributed by atoms with E-state index < -0.39 is 11.6 Å². The predicted molar refractivity (Wildman–Crippen MR) is 69.5 cm³/mol. The highest BCUT2D eigenvalue weighted by Gasteiger charge is 2.33. The second kappa shape index (κ2) is 5.79. The number of hydrogen-bond acceptors (Lipinski definition) is 1. The molecule has 0 aromatic heterocycles. The largest absolute Gasteiger partial charge is 0.316 e. The Hall–Kier alpha value is -0.960. The average molecular weight is 253 g/mol. The molecule has 0 radical (unpaired) electrons. The van der Waals surface area contributed by atoms with Crippen molar-refractivity contribution in [3.63, 3.8) is 0 Å². The Morgan fingerprint density at radius 1 is 1.28 bits per heavy atom. The Morgan fingerprint density at radius 2 is 2.06 bits per heavy atom. The highest BCUT2D eigenvalue weighted by atomic mass is 19.1. The summed E-state index contributed by atoms with van der Waals surface area (Å²) in [7, 11) is 0. The summed E-state index contributed by atoms with van der Waals surface area (Å²) in [5.41, 5.74) is 0.680. The van der Waals surface area contributed by atoms with Crippen LogP contribution in [-0.2, 0) is 0 Å². The predicted octanol–water partition coefficient (Wildman–Crippen LogP) is 3.70. The molecule has 1 aromatic carbocycles. The fourth-order valence-corrected chi connectivity index (χ4v) is 2.58. The van der Waals surface area contributed by atoms with Crippen LogP contribution in [-0.4, -0.2) is 13.1 Å². The lowest BCUT2D eigenvalue weighted by molar-refractivity contribution is 0.238. The van der Waals surface area contributed by atoms with Crippen LogP contribution in [0.15, 0.2) is 18.2 Å². The SMILES string of the molecule is CC(C)CNCC1CCC1c1ccc(F)cc1F. The van der Waals surface area contributed by atoms with Gasteiger partial charge in [0.05, 0.1) is 0 Å². The first kappa shape index (κ1) is 13.5. The molecule has 0 aliphatic heterocycles. The lowest BCUT2D eigenvalue weighted by Gasteiger charge is -2.37. The van der Waals surface area contributed by atoms with E-state index in [1.807, 2.05) is 0 Å². The molecule has 18 heavy (non-hydrogen) atoms. The van der Waals surface area contributed by atoms with Gasteiger partial charge in [0, 0.05) is 6.07 Å². The monoisotopic (exact) mass is 253 g/mol. The van der Waals surface area contributed by atoms with Gasteiger partial charge in [-0.1, -0.05) is 19.9 Å². The van der Waals surface area contributed by atoms with Gasteiger partial charge in [-0.05, 0) is 55.3 Å². The lowest BCUT2D eigenvalue weighted by Crippen LogP contribution is -2.35. The molecule has 2 unspecified atom stereocenters. The Balaban J connectivity index is 1.93. The van der Waals surface area contributed by atoms with E-state index in [1.54, 1.807) is 6.07 Å². The van der Waals surface area contributed by atoms with Crippen LogP contribution in [0.25, 0.3) is 0 Å². The van der Waals surface area contributed by atoms with Gasteiger partial charge in [-0.3, -0.25) is 0 Å². The van der Waals surface area contributed by atoms with Gasteiger partial charge in [0.2, 0.25) is 0 Å². The third kappa shape index (κ3) is 3.08. The van der Waals surface area contributed by atoms with Crippen LogP contribution in [0.5, 0.6) is 0 Å². The first-order valence-corrected chi connectivity index (χ1v) is 6.73. The molecule has 2 atom stereocenters. The fourth-order valence-electron chi connectivity index (χ4n) is 2.58. The number of hydrogen-bond donors (Lipinski definition) is 1. The summed E-state index contributed by atoms with van der Waals surface area (Å²) in [6.07, 6.45) is 2.14. The van der Waals surface area contributed by atoms with E-state index in [1.165, 1.54) is 6.07 Å². The maximum Gasteiger partial charge on any atom is 0.129 e. The number of rotatable bonds is 5. The second-order valence-corrected chi connectivity index (χ2v) is 5.66. The van der Waals surface area contributed by atoms with Gasteiger partial charge < -0.3 is 5.32 Å². The van der Waals surface area contributed by atoms with Crippen LogP contribution in [0.1, 0.15) is 38.2 Å². The van der Waals surface area contributed by atoms with Gasteiger partial charge in [0.1, 0.15) is 11.6 Å². The molecule has 1 nitrogen and oxygen atoms in total. The van der Waals surface area contributed by atoms with Crippen LogP contribution in [0.4, 0.5) is 8.78 Å². The highest BCUT2D eigenvalue weighted by Crippen LogP contribution is 2.43. The van der Waals surface area contributed by atoms with Crippen molar-refractivity contribution in [1.29, 1.82) is 0 Å². The average Bonchev–Trinajstić information content (AvgIpc) is 2.26. The minimum Gasteiger partial charge on any atom is -0.316 e. The smallest absolute Gasteiger partial charge is 0.129 e. The molecule has 0 amide bonds. The summed E-state index contributed by atoms with van der Waals surface area (Å²) in [6, 6.07) is 3.95. The van der Waals surface area contributed by atoms with Gasteiger partial charge in [-0.2, -0.15) is 0 Å². The van der Waals surface area contributed by atoms with E-state index in [0.717, 1.165) is 32.0 Å². The molecule has 1 aromatic rings. The maximum absolute atomic E-state index is 13.7. The molecule has 0 heterocycles. The normalized spacial score (nSPS) is 23.2. The number of nitrogens with one attached hydrogen (secondary N) is 1. The summed E-state index contributed by atoms with van der Waals surface area (Å²) < 4.78 is 26.6. The quantitative estimate of drug-likeness (QED) is 0.843. The van der Waals surface area contributed by atoms with E-state index in [-0.39, 0.29) is 5.92 Å². The Kier molecular flexibility index (Phi) is 4.33. The van der Waals surface area contributed by atoms with Crippen molar-refractivity contribution in [2.24, 2.45) is 11.8 Å². The lowest BCUT2D eigenvalue weighted by atomic mass is 9.70. The van der Waals surface area contributed by atoms with E-state index >= 15 is 0 Å². The van der Waals surface area contributed by atoms with Crippen LogP contribution in [0.2, 0.25) is 0 Å². The molecule has 100 valence electrons. The molecule has 1 aliphatic rings. The Bertz CT molecular complexity index is 403. The fraction of sp³-hybridized carbons (Fsp3) is 0.600. The molecule has 1 fully saturated rings. The molecule has 1 N–H and O–H groups in total. The topological polar surface area (TPSA) is 12.0 Å². The molecule has 2 rings (SSSR count). The van der Waals surface area contributed by atoms with Crippen LogP contribution >= 0.6 is 0 Å². The van der Waals surface area contributed by atoms with E-state index in [0.29, 0.717) is 17.4 Å². The van der Waals surface area contributed by atoms with Gasteiger partial charge in [-0.15, -0.1) is 0 Å². The van der Waals surface area contributed by atoms with Crippen molar-refractivity contribution < 1.29 is 8.78 Å². The summed E-state index contributed by atoms with van der Waals surface area (Å²) in [6.45, 7) is 6.27. The van der Waals surface area contributed by atoms with Crippen molar-refractivity contribution in [2.45, 2.75) is 32.6 Å². The molecular weight excluding hydrogens is 232 g/mol. The van der Waals surface area contributed by atoms with Gasteiger partial charge in [-0.25, -0.2) is 8.78 Å². The third-order valence-corrected chi connectivity index (χ3v) is 3.74. The molecule has 0 bridgehead atoms. The summed E-state index contributed by atoms with van der Waals surface area (Å²) >= 11 is 0.